The van der Waals surface area contributed by atoms with E-state index in [1.165, 1.54) is 12.1 Å². The molecule has 2 aromatic carbocycles. The van der Waals surface area contributed by atoms with Crippen LogP contribution in [0.2, 0.25) is 0 Å². The van der Waals surface area contributed by atoms with Crippen molar-refractivity contribution in [1.82, 2.24) is 9.78 Å². The van der Waals surface area contributed by atoms with Crippen LogP contribution in [0.5, 0.6) is 0 Å². The molecule has 0 saturated carbocycles. The fraction of sp³-hybridized carbons (Fsp3) is 0.190. The van der Waals surface area contributed by atoms with Gasteiger partial charge in [-0.2, -0.15) is 10.4 Å². The molecule has 5 nitrogen and oxygen atoms in total. The maximum Gasteiger partial charge on any atom is 0.276 e. The lowest BCUT2D eigenvalue weighted by Crippen LogP contribution is -2.15. The molecule has 27 heavy (non-hydrogen) atoms. The van der Waals surface area contributed by atoms with Gasteiger partial charge in [0.05, 0.1) is 18.2 Å². The van der Waals surface area contributed by atoms with Crippen LogP contribution in [0.1, 0.15) is 33.7 Å². The maximum atomic E-state index is 13.2. The largest absolute Gasteiger partial charge is 0.321 e. The van der Waals surface area contributed by atoms with Crippen LogP contribution < -0.4 is 5.32 Å². The lowest BCUT2D eigenvalue weighted by molar-refractivity contribution is 0.102. The molecule has 0 radical (unpaired) electrons. The fourth-order valence-electron chi connectivity index (χ4n) is 3.40. The summed E-state index contributed by atoms with van der Waals surface area (Å²) in [5, 5.41) is 16.1. The molecule has 0 bridgehead atoms. The summed E-state index contributed by atoms with van der Waals surface area (Å²) in [6.45, 7) is 0. The second kappa shape index (κ2) is 7.04. The minimum Gasteiger partial charge on any atom is -0.321 e. The Labute approximate surface area is 156 Å². The molecular weight excluding hydrogens is 343 g/mol. The van der Waals surface area contributed by atoms with Crippen LogP contribution in [-0.2, 0) is 19.3 Å². The molecule has 1 N–H and O–H groups in total. The predicted octanol–water partition coefficient (Wildman–Crippen LogP) is 3.82. The molecule has 0 aliphatic heterocycles. The highest BCUT2D eigenvalue weighted by atomic mass is 19.1. The molecule has 1 aliphatic carbocycles. The Morgan fingerprint density at radius 1 is 1.15 bits per heavy atom. The van der Waals surface area contributed by atoms with Crippen molar-refractivity contribution in [1.29, 1.82) is 5.26 Å². The second-order valence-corrected chi connectivity index (χ2v) is 6.50. The van der Waals surface area contributed by atoms with E-state index in [1.54, 1.807) is 28.9 Å². The van der Waals surface area contributed by atoms with Crippen molar-refractivity contribution in [3.8, 4) is 11.8 Å². The predicted molar refractivity (Wildman–Crippen MR) is 99.3 cm³/mol. The van der Waals surface area contributed by atoms with E-state index in [9.17, 15) is 9.18 Å². The Balaban J connectivity index is 1.62. The summed E-state index contributed by atoms with van der Waals surface area (Å²) in [4.78, 5) is 12.8. The third-order valence-corrected chi connectivity index (χ3v) is 4.71. The van der Waals surface area contributed by atoms with Crippen LogP contribution in [0.4, 0.5) is 10.1 Å². The highest BCUT2D eigenvalue weighted by Crippen LogP contribution is 2.28. The highest BCUT2D eigenvalue weighted by molar-refractivity contribution is 6.04. The number of hydrogen-bond acceptors (Lipinski definition) is 3. The van der Waals surface area contributed by atoms with Crippen LogP contribution in [-0.4, -0.2) is 15.7 Å². The molecule has 1 heterocycles. The highest BCUT2D eigenvalue weighted by Gasteiger charge is 2.27. The molecule has 1 aliphatic rings. The molecule has 0 fully saturated rings. The Bertz CT molecular complexity index is 1030. The fourth-order valence-corrected chi connectivity index (χ4v) is 3.40. The number of anilines is 1. The Kier molecular flexibility index (Phi) is 4.43. The Morgan fingerprint density at radius 3 is 2.59 bits per heavy atom. The molecule has 1 amide bonds. The number of halogens is 1. The first-order valence-electron chi connectivity index (χ1n) is 8.79. The molecule has 0 atom stereocenters. The summed E-state index contributed by atoms with van der Waals surface area (Å²) in [7, 11) is 0. The minimum atomic E-state index is -0.305. The van der Waals surface area contributed by atoms with Crippen LogP contribution in [0.25, 0.3) is 5.69 Å². The van der Waals surface area contributed by atoms with E-state index in [4.69, 9.17) is 5.26 Å². The molecule has 0 unspecified atom stereocenters. The Morgan fingerprint density at radius 2 is 1.89 bits per heavy atom. The van der Waals surface area contributed by atoms with Gasteiger partial charge in [-0.15, -0.1) is 0 Å². The summed E-state index contributed by atoms with van der Waals surface area (Å²) in [5.41, 5.74) is 4.68. The average molecular weight is 360 g/mol. The maximum absolute atomic E-state index is 13.2. The smallest absolute Gasteiger partial charge is 0.276 e. The van der Waals surface area contributed by atoms with Crippen molar-refractivity contribution in [3.63, 3.8) is 0 Å². The van der Waals surface area contributed by atoms with Crippen molar-refractivity contribution in [3.05, 3.63) is 76.9 Å². The number of fused-ring (bicyclic) bond motifs is 1. The normalized spacial score (nSPS) is 12.4. The topological polar surface area (TPSA) is 70.7 Å². The number of carbonyl (C=O) groups excluding carboxylic acids is 1. The van der Waals surface area contributed by atoms with Gasteiger partial charge < -0.3 is 5.32 Å². The number of nitrogens with one attached hydrogen (secondary N) is 1. The van der Waals surface area contributed by atoms with Gasteiger partial charge in [-0.05, 0) is 61.2 Å². The number of nitriles is 1. The van der Waals surface area contributed by atoms with Gasteiger partial charge in [0.1, 0.15) is 5.82 Å². The van der Waals surface area contributed by atoms with Crippen molar-refractivity contribution >= 4 is 11.6 Å². The second-order valence-electron chi connectivity index (χ2n) is 6.50. The van der Waals surface area contributed by atoms with Gasteiger partial charge in [0.25, 0.3) is 5.91 Å². The van der Waals surface area contributed by atoms with Gasteiger partial charge in [0.15, 0.2) is 5.69 Å². The summed E-state index contributed by atoms with van der Waals surface area (Å²) in [6, 6.07) is 15.4. The van der Waals surface area contributed by atoms with E-state index >= 15 is 0 Å². The van der Waals surface area contributed by atoms with Crippen molar-refractivity contribution in [2.75, 3.05) is 5.32 Å². The zero-order valence-electron chi connectivity index (χ0n) is 14.6. The van der Waals surface area contributed by atoms with Crippen LogP contribution in [0, 0.1) is 17.1 Å². The molecule has 0 saturated heterocycles. The third-order valence-electron chi connectivity index (χ3n) is 4.71. The van der Waals surface area contributed by atoms with Gasteiger partial charge in [-0.25, -0.2) is 9.07 Å². The number of rotatable bonds is 4. The number of carbonyl (C=O) groups is 1. The van der Waals surface area contributed by atoms with Gasteiger partial charge in [0.2, 0.25) is 0 Å². The third kappa shape index (κ3) is 3.32. The number of aromatic nitrogens is 2. The van der Waals surface area contributed by atoms with E-state index in [0.717, 1.165) is 41.8 Å². The summed E-state index contributed by atoms with van der Waals surface area (Å²) < 4.78 is 15.0. The van der Waals surface area contributed by atoms with Gasteiger partial charge in [-0.3, -0.25) is 4.79 Å². The number of hydrogen-bond donors (Lipinski definition) is 1. The van der Waals surface area contributed by atoms with E-state index < -0.39 is 0 Å². The molecule has 1 aromatic heterocycles. The number of nitrogens with zero attached hydrogens (tertiary/aromatic N) is 3. The van der Waals surface area contributed by atoms with Crippen LogP contribution in [0.3, 0.4) is 0 Å². The lowest BCUT2D eigenvalue weighted by Gasteiger charge is -2.06. The zero-order valence-corrected chi connectivity index (χ0v) is 14.6. The molecule has 0 spiro atoms. The van der Waals surface area contributed by atoms with Crippen molar-refractivity contribution in [2.24, 2.45) is 0 Å². The molecule has 4 rings (SSSR count). The number of benzene rings is 2. The van der Waals surface area contributed by atoms with Crippen LogP contribution >= 0.6 is 0 Å². The first-order chi connectivity index (χ1) is 13.2. The molecular formula is C21H17FN4O. The van der Waals surface area contributed by atoms with E-state index in [2.05, 4.69) is 16.5 Å². The standard InChI is InChI=1S/C21H17FN4O/c22-15-6-10-17(11-7-15)26-19-3-1-2-18(19)20(25-26)21(27)24-16-8-4-14(5-9-16)12-13-23/h4-11H,1-3,12H2,(H,24,27). The van der Waals surface area contributed by atoms with Gasteiger partial charge in [0, 0.05) is 16.9 Å². The molecule has 6 heteroatoms. The summed E-state index contributed by atoms with van der Waals surface area (Å²) in [6.07, 6.45) is 2.96. The number of amides is 1. The van der Waals surface area contributed by atoms with Crippen LogP contribution in [0.15, 0.2) is 48.5 Å². The summed E-state index contributed by atoms with van der Waals surface area (Å²) >= 11 is 0. The first-order valence-corrected chi connectivity index (χ1v) is 8.79. The van der Waals surface area contributed by atoms with Gasteiger partial charge >= 0.3 is 0 Å². The average Bonchev–Trinajstić information content (AvgIpc) is 3.27. The zero-order chi connectivity index (χ0) is 18.8. The molecule has 134 valence electrons. The Hall–Kier alpha value is -3.46. The first kappa shape index (κ1) is 17.0. The minimum absolute atomic E-state index is 0.262. The van der Waals surface area contributed by atoms with Crippen molar-refractivity contribution in [2.45, 2.75) is 25.7 Å². The van der Waals surface area contributed by atoms with E-state index in [1.807, 2.05) is 12.1 Å². The lowest BCUT2D eigenvalue weighted by atomic mass is 10.1. The monoisotopic (exact) mass is 360 g/mol. The van der Waals surface area contributed by atoms with Crippen molar-refractivity contribution < 1.29 is 9.18 Å². The van der Waals surface area contributed by atoms with E-state index in [-0.39, 0.29) is 11.7 Å². The van der Waals surface area contributed by atoms with Gasteiger partial charge in [-0.1, -0.05) is 12.1 Å². The quantitative estimate of drug-likeness (QED) is 0.769. The molecule has 3 aromatic rings. The SMILES string of the molecule is N#CCc1ccc(NC(=O)c2nn(-c3ccc(F)cc3)c3c2CCC3)cc1. The van der Waals surface area contributed by atoms with E-state index in [0.29, 0.717) is 17.8 Å². The summed E-state index contributed by atoms with van der Waals surface area (Å²) in [5.74, 6) is -0.567.